The van der Waals surface area contributed by atoms with Crippen molar-refractivity contribution in [1.29, 1.82) is 0 Å². The van der Waals surface area contributed by atoms with Crippen molar-refractivity contribution in [2.24, 2.45) is 0 Å². The van der Waals surface area contributed by atoms with Crippen molar-refractivity contribution in [3.8, 4) is 16.2 Å². The van der Waals surface area contributed by atoms with Gasteiger partial charge in [0.15, 0.2) is 0 Å². The number of carboxylic acid groups (broad SMARTS) is 1. The third kappa shape index (κ3) is 3.51. The second-order valence-corrected chi connectivity index (χ2v) is 9.58. The van der Waals surface area contributed by atoms with E-state index in [0.29, 0.717) is 42.3 Å². The number of carbonyl (C=O) groups is 2. The molecule has 0 aliphatic carbocycles. The van der Waals surface area contributed by atoms with E-state index in [4.69, 9.17) is 4.74 Å². The molecule has 0 spiro atoms. The minimum absolute atomic E-state index is 0.272. The minimum Gasteiger partial charge on any atom is -0.492 e. The van der Waals surface area contributed by atoms with Gasteiger partial charge in [-0.3, -0.25) is 4.79 Å². The fraction of sp³-hybridized carbons (Fsp3) is 0.231. The van der Waals surface area contributed by atoms with Crippen molar-refractivity contribution in [2.45, 2.75) is 25.3 Å². The Hall–Kier alpha value is -3.78. The molecule has 1 amide bonds. The van der Waals surface area contributed by atoms with E-state index in [-0.39, 0.29) is 5.91 Å². The van der Waals surface area contributed by atoms with Crippen LogP contribution >= 0.6 is 11.3 Å². The number of carbonyl (C=O) groups excluding carboxylic acids is 1. The first-order valence-electron chi connectivity index (χ1n) is 11.3. The van der Waals surface area contributed by atoms with Gasteiger partial charge >= 0.3 is 5.97 Å². The molecule has 2 aliphatic rings. The number of hydrogen-bond acceptors (Lipinski definition) is 5. The fourth-order valence-corrected chi connectivity index (χ4v) is 5.94. The Balaban J connectivity index is 1.46. The molecule has 8 heteroatoms. The van der Waals surface area contributed by atoms with E-state index in [1.165, 1.54) is 5.56 Å². The lowest BCUT2D eigenvalue weighted by Gasteiger charge is -2.27. The van der Waals surface area contributed by atoms with E-state index in [1.807, 2.05) is 47.5 Å². The number of hydrogen-bond donors (Lipinski definition) is 3. The molecule has 0 radical (unpaired) electrons. The topological polar surface area (TPSA) is 94.7 Å². The number of carboxylic acids is 1. The van der Waals surface area contributed by atoms with Crippen molar-refractivity contribution < 1.29 is 19.4 Å². The number of benzene rings is 2. The molecule has 0 saturated carbocycles. The summed E-state index contributed by atoms with van der Waals surface area (Å²) in [6.45, 7) is 1.12. The van der Waals surface area contributed by atoms with Crippen LogP contribution in [0, 0.1) is 0 Å². The first-order chi connectivity index (χ1) is 16.6. The molecule has 2 aromatic carbocycles. The number of aromatic nitrogens is 1. The quantitative estimate of drug-likeness (QED) is 0.382. The summed E-state index contributed by atoms with van der Waals surface area (Å²) in [4.78, 5) is 31.7. The highest BCUT2D eigenvalue weighted by Gasteiger charge is 2.34. The number of anilines is 2. The number of amides is 1. The summed E-state index contributed by atoms with van der Waals surface area (Å²) in [5.74, 6) is -0.457. The van der Waals surface area contributed by atoms with Crippen LogP contribution in [0.3, 0.4) is 0 Å². The van der Waals surface area contributed by atoms with Crippen molar-refractivity contribution in [3.63, 3.8) is 0 Å². The number of thiophene rings is 1. The Kier molecular flexibility index (Phi) is 5.03. The molecule has 1 fully saturated rings. The summed E-state index contributed by atoms with van der Waals surface area (Å²) in [7, 11) is 0. The number of fused-ring (bicyclic) bond motifs is 4. The lowest BCUT2D eigenvalue weighted by atomic mass is 10.0. The molecule has 7 nitrogen and oxygen atoms in total. The maximum Gasteiger partial charge on any atom is 0.326 e. The molecule has 0 unspecified atom stereocenters. The molecule has 4 heterocycles. The summed E-state index contributed by atoms with van der Waals surface area (Å²) in [5.41, 5.74) is 4.80. The van der Waals surface area contributed by atoms with Crippen molar-refractivity contribution in [2.75, 3.05) is 23.4 Å². The van der Waals surface area contributed by atoms with Gasteiger partial charge in [-0.25, -0.2) is 4.79 Å². The Morgan fingerprint density at radius 2 is 2.09 bits per heavy atom. The number of rotatable bonds is 4. The SMILES string of the molecule is O=C(Nc1ccc2[nH]ccc2c1)c1cc2c(cc1N1CCC[C@@H]1C(=O)O)OCCc1ccsc1-2. The Bertz CT molecular complexity index is 1420. The van der Waals surface area contributed by atoms with Crippen molar-refractivity contribution in [3.05, 3.63) is 65.2 Å². The van der Waals surface area contributed by atoms with Crippen LogP contribution in [0.25, 0.3) is 21.3 Å². The van der Waals surface area contributed by atoms with E-state index in [1.54, 1.807) is 11.3 Å². The van der Waals surface area contributed by atoms with E-state index in [0.717, 1.165) is 34.2 Å². The number of ether oxygens (including phenoxy) is 1. The van der Waals surface area contributed by atoms with Crippen LogP contribution in [0.4, 0.5) is 11.4 Å². The maximum atomic E-state index is 13.6. The third-order valence-electron chi connectivity index (χ3n) is 6.62. The lowest BCUT2D eigenvalue weighted by molar-refractivity contribution is -0.138. The molecule has 2 aromatic heterocycles. The van der Waals surface area contributed by atoms with Gasteiger partial charge in [0.25, 0.3) is 5.91 Å². The van der Waals surface area contributed by atoms with Gasteiger partial charge in [0, 0.05) is 52.3 Å². The summed E-state index contributed by atoms with van der Waals surface area (Å²) >= 11 is 1.63. The average molecular weight is 474 g/mol. The molecule has 4 aromatic rings. The summed E-state index contributed by atoms with van der Waals surface area (Å²) < 4.78 is 6.07. The second kappa shape index (κ2) is 8.22. The van der Waals surface area contributed by atoms with Crippen molar-refractivity contribution in [1.82, 2.24) is 4.98 Å². The summed E-state index contributed by atoms with van der Waals surface area (Å²) in [5, 5.41) is 15.9. The first-order valence-corrected chi connectivity index (χ1v) is 12.2. The van der Waals surface area contributed by atoms with Crippen LogP contribution in [0.5, 0.6) is 5.75 Å². The third-order valence-corrected chi connectivity index (χ3v) is 7.61. The normalized spacial score (nSPS) is 17.1. The number of nitrogens with one attached hydrogen (secondary N) is 2. The number of nitrogens with zero attached hydrogens (tertiary/aromatic N) is 1. The van der Waals surface area contributed by atoms with Gasteiger partial charge in [-0.1, -0.05) is 0 Å². The lowest BCUT2D eigenvalue weighted by Crippen LogP contribution is -2.37. The van der Waals surface area contributed by atoms with Crippen LogP contribution in [-0.2, 0) is 11.2 Å². The van der Waals surface area contributed by atoms with Gasteiger partial charge in [0.1, 0.15) is 11.8 Å². The largest absolute Gasteiger partial charge is 0.492 e. The zero-order chi connectivity index (χ0) is 23.2. The number of aliphatic carboxylic acids is 1. The Labute approximate surface area is 200 Å². The molecule has 34 heavy (non-hydrogen) atoms. The van der Waals surface area contributed by atoms with Crippen LogP contribution in [0.2, 0.25) is 0 Å². The predicted molar refractivity (Wildman–Crippen MR) is 133 cm³/mol. The van der Waals surface area contributed by atoms with Gasteiger partial charge in [0.2, 0.25) is 0 Å². The van der Waals surface area contributed by atoms with E-state index < -0.39 is 12.0 Å². The standard InChI is InChI=1S/C26H23N3O4S/c30-25(28-17-3-4-20-16(12-17)5-8-27-20)18-13-19-23(33-10-6-15-7-11-34-24(15)19)14-22(18)29-9-1-2-21(29)26(31)32/h3-5,7-8,11-14,21,27H,1-2,6,9-10H2,(H,28,30)(H,31,32)/t21-/m1/s1. The predicted octanol–water partition coefficient (Wildman–Crippen LogP) is 5.14. The molecule has 1 saturated heterocycles. The zero-order valence-electron chi connectivity index (χ0n) is 18.3. The molecular weight excluding hydrogens is 450 g/mol. The fourth-order valence-electron chi connectivity index (χ4n) is 4.97. The highest BCUT2D eigenvalue weighted by molar-refractivity contribution is 7.13. The maximum absolute atomic E-state index is 13.6. The molecule has 172 valence electrons. The van der Waals surface area contributed by atoms with Crippen LogP contribution < -0.4 is 15.0 Å². The van der Waals surface area contributed by atoms with Gasteiger partial charge < -0.3 is 25.0 Å². The molecule has 6 rings (SSSR count). The van der Waals surface area contributed by atoms with Gasteiger partial charge in [0.05, 0.1) is 17.9 Å². The Morgan fingerprint density at radius 3 is 2.97 bits per heavy atom. The zero-order valence-corrected chi connectivity index (χ0v) is 19.2. The monoisotopic (exact) mass is 473 g/mol. The first kappa shape index (κ1) is 20.8. The van der Waals surface area contributed by atoms with E-state index in [2.05, 4.69) is 21.7 Å². The van der Waals surface area contributed by atoms with Crippen LogP contribution in [0.1, 0.15) is 28.8 Å². The molecular formula is C26H23N3O4S. The summed E-state index contributed by atoms with van der Waals surface area (Å²) in [6.07, 6.45) is 3.96. The highest BCUT2D eigenvalue weighted by atomic mass is 32.1. The van der Waals surface area contributed by atoms with E-state index in [9.17, 15) is 14.7 Å². The van der Waals surface area contributed by atoms with Crippen LogP contribution in [0.15, 0.2) is 54.0 Å². The smallest absolute Gasteiger partial charge is 0.326 e. The number of aromatic amines is 1. The van der Waals surface area contributed by atoms with Gasteiger partial charge in [-0.05, 0) is 60.2 Å². The van der Waals surface area contributed by atoms with E-state index >= 15 is 0 Å². The molecule has 0 bridgehead atoms. The average Bonchev–Trinajstić information content (AvgIpc) is 3.57. The molecule has 3 N–H and O–H groups in total. The van der Waals surface area contributed by atoms with Gasteiger partial charge in [-0.2, -0.15) is 0 Å². The van der Waals surface area contributed by atoms with Crippen molar-refractivity contribution >= 4 is 45.5 Å². The highest BCUT2D eigenvalue weighted by Crippen LogP contribution is 2.43. The summed E-state index contributed by atoms with van der Waals surface area (Å²) in [6, 6.07) is 12.8. The Morgan fingerprint density at radius 1 is 1.18 bits per heavy atom. The van der Waals surface area contributed by atoms with Gasteiger partial charge in [-0.15, -0.1) is 11.3 Å². The number of H-pyrrole nitrogens is 1. The molecule has 2 aliphatic heterocycles. The van der Waals surface area contributed by atoms with Crippen LogP contribution in [-0.4, -0.2) is 41.2 Å². The molecule has 1 atom stereocenters. The minimum atomic E-state index is -0.877. The second-order valence-electron chi connectivity index (χ2n) is 8.66.